The van der Waals surface area contributed by atoms with Crippen LogP contribution in [0.15, 0.2) is 53.6 Å². The van der Waals surface area contributed by atoms with Crippen LogP contribution in [0.5, 0.6) is 0 Å². The van der Waals surface area contributed by atoms with Crippen molar-refractivity contribution in [3.8, 4) is 21.7 Å². The minimum absolute atomic E-state index is 0.330. The van der Waals surface area contributed by atoms with Crippen molar-refractivity contribution in [2.24, 2.45) is 0 Å². The molecule has 0 aliphatic carbocycles. The van der Waals surface area contributed by atoms with Gasteiger partial charge in [-0.1, -0.05) is 11.3 Å². The van der Waals surface area contributed by atoms with Crippen molar-refractivity contribution >= 4 is 16.3 Å². The van der Waals surface area contributed by atoms with E-state index in [9.17, 15) is 9.18 Å². The molecule has 0 aliphatic rings. The second-order valence-electron chi connectivity index (χ2n) is 5.19. The molecule has 0 N–H and O–H groups in total. The van der Waals surface area contributed by atoms with Gasteiger partial charge in [-0.2, -0.15) is 4.98 Å². The van der Waals surface area contributed by atoms with Crippen molar-refractivity contribution in [3.63, 3.8) is 0 Å². The molecule has 7 heteroatoms. The van der Waals surface area contributed by atoms with Crippen LogP contribution in [-0.2, 0) is 0 Å². The smallest absolute Gasteiger partial charge is 0.265 e. The SMILES string of the molecule is Cc1nc(=O)n2c(-c3ccc(F)cc3)c(-c3ccncc3)sc2n1. The van der Waals surface area contributed by atoms with Gasteiger partial charge in [-0.15, -0.1) is 0 Å². The average molecular weight is 338 g/mol. The molecule has 4 rings (SSSR count). The molecular formula is C17H11FN4OS. The quantitative estimate of drug-likeness (QED) is 0.562. The summed E-state index contributed by atoms with van der Waals surface area (Å²) >= 11 is 1.39. The number of hydrogen-bond acceptors (Lipinski definition) is 5. The summed E-state index contributed by atoms with van der Waals surface area (Å²) in [5.41, 5.74) is 1.90. The van der Waals surface area contributed by atoms with Gasteiger partial charge in [-0.3, -0.25) is 4.98 Å². The lowest BCUT2D eigenvalue weighted by molar-refractivity contribution is 0.628. The third-order valence-electron chi connectivity index (χ3n) is 3.59. The van der Waals surface area contributed by atoms with Gasteiger partial charge in [-0.25, -0.2) is 18.6 Å². The highest BCUT2D eigenvalue weighted by molar-refractivity contribution is 7.20. The normalized spacial score (nSPS) is 11.1. The van der Waals surface area contributed by atoms with Crippen molar-refractivity contribution in [1.29, 1.82) is 0 Å². The zero-order valence-electron chi connectivity index (χ0n) is 12.6. The van der Waals surface area contributed by atoms with Crippen LogP contribution in [0.3, 0.4) is 0 Å². The second kappa shape index (κ2) is 5.61. The van der Waals surface area contributed by atoms with E-state index in [0.717, 1.165) is 16.0 Å². The van der Waals surface area contributed by atoms with Gasteiger partial charge in [0.1, 0.15) is 11.6 Å². The van der Waals surface area contributed by atoms with Gasteiger partial charge in [0, 0.05) is 18.0 Å². The standard InChI is InChI=1S/C17H11FN4OS/c1-10-20-16(23)22-14(11-2-4-13(18)5-3-11)15(24-17(22)21-10)12-6-8-19-9-7-12/h2-9H,1H3. The van der Waals surface area contributed by atoms with Crippen LogP contribution in [-0.4, -0.2) is 19.4 Å². The molecule has 0 spiro atoms. The fraction of sp³-hybridized carbons (Fsp3) is 0.0588. The van der Waals surface area contributed by atoms with Crippen molar-refractivity contribution < 1.29 is 4.39 Å². The third kappa shape index (κ3) is 2.39. The van der Waals surface area contributed by atoms with Gasteiger partial charge >= 0.3 is 5.69 Å². The second-order valence-corrected chi connectivity index (χ2v) is 6.17. The fourth-order valence-electron chi connectivity index (χ4n) is 2.55. The van der Waals surface area contributed by atoms with Gasteiger partial charge < -0.3 is 0 Å². The van der Waals surface area contributed by atoms with Gasteiger partial charge in [0.05, 0.1) is 10.6 Å². The van der Waals surface area contributed by atoms with Crippen LogP contribution in [0.25, 0.3) is 26.7 Å². The topological polar surface area (TPSA) is 60.2 Å². The molecule has 0 fully saturated rings. The number of hydrogen-bond donors (Lipinski definition) is 0. The molecule has 0 saturated carbocycles. The molecular weight excluding hydrogens is 327 g/mol. The number of rotatable bonds is 2. The maximum Gasteiger partial charge on any atom is 0.356 e. The van der Waals surface area contributed by atoms with Crippen LogP contribution < -0.4 is 5.69 Å². The fourth-order valence-corrected chi connectivity index (χ4v) is 3.73. The molecule has 3 heterocycles. The van der Waals surface area contributed by atoms with E-state index < -0.39 is 5.69 Å². The van der Waals surface area contributed by atoms with Crippen LogP contribution in [0, 0.1) is 12.7 Å². The van der Waals surface area contributed by atoms with E-state index in [1.807, 2.05) is 12.1 Å². The monoisotopic (exact) mass is 338 g/mol. The Bertz CT molecular complexity index is 1090. The number of halogens is 1. The predicted molar refractivity (Wildman–Crippen MR) is 90.5 cm³/mol. The van der Waals surface area contributed by atoms with Crippen molar-refractivity contribution in [2.45, 2.75) is 6.92 Å². The molecule has 4 aromatic rings. The van der Waals surface area contributed by atoms with E-state index in [1.165, 1.54) is 27.9 Å². The van der Waals surface area contributed by atoms with Crippen LogP contribution in [0.1, 0.15) is 5.82 Å². The number of aromatic nitrogens is 4. The first kappa shape index (κ1) is 14.6. The Morgan fingerprint density at radius 2 is 1.71 bits per heavy atom. The first-order valence-electron chi connectivity index (χ1n) is 7.20. The van der Waals surface area contributed by atoms with Crippen LogP contribution in [0.2, 0.25) is 0 Å². The van der Waals surface area contributed by atoms with E-state index >= 15 is 0 Å². The van der Waals surface area contributed by atoms with Crippen LogP contribution in [0.4, 0.5) is 4.39 Å². The van der Waals surface area contributed by atoms with Crippen molar-refractivity contribution in [2.75, 3.05) is 0 Å². The maximum absolute atomic E-state index is 13.3. The molecule has 0 unspecified atom stereocenters. The number of thiazole rings is 1. The zero-order chi connectivity index (χ0) is 16.7. The number of aryl methyl sites for hydroxylation is 1. The summed E-state index contributed by atoms with van der Waals surface area (Å²) in [6, 6.07) is 9.76. The van der Waals surface area contributed by atoms with Gasteiger partial charge in [0.25, 0.3) is 0 Å². The Morgan fingerprint density at radius 1 is 1.00 bits per heavy atom. The highest BCUT2D eigenvalue weighted by Crippen LogP contribution is 2.37. The van der Waals surface area contributed by atoms with Gasteiger partial charge in [0.2, 0.25) is 4.96 Å². The molecule has 3 aromatic heterocycles. The molecule has 24 heavy (non-hydrogen) atoms. The Labute approximate surface area is 140 Å². The largest absolute Gasteiger partial charge is 0.356 e. The zero-order valence-corrected chi connectivity index (χ0v) is 13.4. The van der Waals surface area contributed by atoms with E-state index in [-0.39, 0.29) is 5.82 Å². The first-order chi connectivity index (χ1) is 11.6. The van der Waals surface area contributed by atoms with Gasteiger partial charge in [0.15, 0.2) is 0 Å². The highest BCUT2D eigenvalue weighted by Gasteiger charge is 2.18. The van der Waals surface area contributed by atoms with Crippen LogP contribution >= 0.6 is 11.3 Å². The summed E-state index contributed by atoms with van der Waals surface area (Å²) < 4.78 is 14.8. The molecule has 118 valence electrons. The molecule has 0 bridgehead atoms. The van der Waals surface area contributed by atoms with Crippen molar-refractivity contribution in [1.82, 2.24) is 19.4 Å². The predicted octanol–water partition coefficient (Wildman–Crippen LogP) is 3.33. The Balaban J connectivity index is 2.12. The lowest BCUT2D eigenvalue weighted by Gasteiger charge is -2.05. The molecule has 0 radical (unpaired) electrons. The molecule has 0 aliphatic heterocycles. The molecule has 0 amide bonds. The highest BCUT2D eigenvalue weighted by atomic mass is 32.1. The molecule has 0 saturated heterocycles. The lowest BCUT2D eigenvalue weighted by atomic mass is 10.1. The summed E-state index contributed by atoms with van der Waals surface area (Å²) in [5, 5.41) is 0. The third-order valence-corrected chi connectivity index (χ3v) is 4.68. The van der Waals surface area contributed by atoms with Gasteiger partial charge in [-0.05, 0) is 48.9 Å². The minimum Gasteiger partial charge on any atom is -0.265 e. The average Bonchev–Trinajstić information content (AvgIpc) is 2.96. The van der Waals surface area contributed by atoms with E-state index in [0.29, 0.717) is 16.5 Å². The number of benzene rings is 1. The van der Waals surface area contributed by atoms with E-state index in [1.54, 1.807) is 31.5 Å². The Morgan fingerprint density at radius 3 is 2.42 bits per heavy atom. The molecule has 1 aromatic carbocycles. The Hall–Kier alpha value is -2.93. The first-order valence-corrected chi connectivity index (χ1v) is 8.01. The molecule has 0 atom stereocenters. The summed E-state index contributed by atoms with van der Waals surface area (Å²) in [5.74, 6) is 0.0939. The summed E-state index contributed by atoms with van der Waals surface area (Å²) in [6.45, 7) is 1.69. The van der Waals surface area contributed by atoms with E-state index in [2.05, 4.69) is 15.0 Å². The lowest BCUT2D eigenvalue weighted by Crippen LogP contribution is -2.19. The van der Waals surface area contributed by atoms with Crippen molar-refractivity contribution in [3.05, 3.63) is 70.9 Å². The summed E-state index contributed by atoms with van der Waals surface area (Å²) in [6.07, 6.45) is 3.38. The summed E-state index contributed by atoms with van der Waals surface area (Å²) in [4.78, 5) is 26.2. The Kier molecular flexibility index (Phi) is 3.42. The number of nitrogens with zero attached hydrogens (tertiary/aromatic N) is 4. The maximum atomic E-state index is 13.3. The molecule has 5 nitrogen and oxygen atoms in total. The number of pyridine rings is 1. The number of fused-ring (bicyclic) bond motifs is 1. The summed E-state index contributed by atoms with van der Waals surface area (Å²) in [7, 11) is 0. The van der Waals surface area contributed by atoms with E-state index in [4.69, 9.17) is 0 Å². The minimum atomic E-state index is -0.395.